The van der Waals surface area contributed by atoms with E-state index in [2.05, 4.69) is 15.0 Å². The van der Waals surface area contributed by atoms with Gasteiger partial charge in [-0.1, -0.05) is 18.2 Å². The number of nitrogens with one attached hydrogen (secondary N) is 1. The van der Waals surface area contributed by atoms with E-state index >= 15 is 0 Å². The molecule has 2 aromatic carbocycles. The van der Waals surface area contributed by atoms with E-state index < -0.39 is 0 Å². The first kappa shape index (κ1) is 15.7. The number of methoxy groups -OCH3 is 1. The number of fused-ring (bicyclic) bond motifs is 1. The number of benzene rings is 2. The summed E-state index contributed by atoms with van der Waals surface area (Å²) >= 11 is 0. The highest BCUT2D eigenvalue weighted by molar-refractivity contribution is 6.01. The lowest BCUT2D eigenvalue weighted by Crippen LogP contribution is -1.93. The molecule has 0 saturated carbocycles. The highest BCUT2D eigenvalue weighted by Crippen LogP contribution is 2.34. The number of pyridine rings is 1. The number of nitrogens with two attached hydrogens (primary N) is 1. The van der Waals surface area contributed by atoms with Crippen molar-refractivity contribution in [3.8, 4) is 28.3 Å². The normalized spacial score (nSPS) is 10.6. The summed E-state index contributed by atoms with van der Waals surface area (Å²) in [6.45, 7) is 7.21. The van der Waals surface area contributed by atoms with Crippen LogP contribution >= 0.6 is 0 Å². The zero-order chi connectivity index (χ0) is 18.1. The van der Waals surface area contributed by atoms with Crippen molar-refractivity contribution < 1.29 is 4.74 Å². The monoisotopic (exact) mass is 341 g/mol. The van der Waals surface area contributed by atoms with Gasteiger partial charge in [0.2, 0.25) is 0 Å². The number of hydrogen-bond donors (Lipinski definition) is 2. The second-order valence-electron chi connectivity index (χ2n) is 5.78. The zero-order valence-corrected chi connectivity index (χ0v) is 14.0. The van der Waals surface area contributed by atoms with E-state index in [4.69, 9.17) is 22.0 Å². The number of ether oxygens (including phenoxy) is 1. The first-order chi connectivity index (χ1) is 12.7. The molecule has 0 amide bonds. The van der Waals surface area contributed by atoms with E-state index in [9.17, 15) is 0 Å². The van der Waals surface area contributed by atoms with Crippen molar-refractivity contribution in [1.29, 1.82) is 0 Å². The van der Waals surface area contributed by atoms with E-state index in [1.54, 1.807) is 13.2 Å². The number of nitrogen functional groups attached to an aromatic ring is 1. The molecule has 2 heterocycles. The molecule has 6 nitrogen and oxygen atoms in total. The Hall–Kier alpha value is -3.85. The van der Waals surface area contributed by atoms with Crippen molar-refractivity contribution in [3.63, 3.8) is 0 Å². The molecule has 3 N–H and O–H groups in total. The highest BCUT2D eigenvalue weighted by Gasteiger charge is 2.15. The Labute approximate surface area is 150 Å². The fourth-order valence-electron chi connectivity index (χ4n) is 2.91. The van der Waals surface area contributed by atoms with Gasteiger partial charge in [0, 0.05) is 5.56 Å². The molecule has 4 rings (SSSR count). The Kier molecular flexibility index (Phi) is 3.75. The molecule has 0 aliphatic carbocycles. The van der Waals surface area contributed by atoms with Crippen LogP contribution in [0.2, 0.25) is 0 Å². The van der Waals surface area contributed by atoms with Gasteiger partial charge in [-0.3, -0.25) is 5.10 Å². The quantitative estimate of drug-likeness (QED) is 0.540. The van der Waals surface area contributed by atoms with Crippen LogP contribution < -0.4 is 10.5 Å². The summed E-state index contributed by atoms with van der Waals surface area (Å²) in [7, 11) is 1.63. The third-order valence-corrected chi connectivity index (χ3v) is 4.21. The van der Waals surface area contributed by atoms with Crippen molar-refractivity contribution in [2.75, 3.05) is 12.8 Å². The molecule has 126 valence electrons. The van der Waals surface area contributed by atoms with Crippen LogP contribution in [0.15, 0.2) is 54.6 Å². The maximum atomic E-state index is 7.21. The van der Waals surface area contributed by atoms with E-state index in [0.29, 0.717) is 11.5 Å². The van der Waals surface area contributed by atoms with Gasteiger partial charge in [-0.2, -0.15) is 5.10 Å². The number of aromatic amines is 1. The molecule has 0 unspecified atom stereocenters. The molecule has 4 aromatic rings. The van der Waals surface area contributed by atoms with Crippen LogP contribution in [0.3, 0.4) is 0 Å². The molecule has 0 saturated heterocycles. The molecule has 0 fully saturated rings. The average Bonchev–Trinajstić information content (AvgIpc) is 3.08. The number of H-pyrrole nitrogens is 1. The van der Waals surface area contributed by atoms with Gasteiger partial charge in [-0.25, -0.2) is 9.83 Å². The first-order valence-electron chi connectivity index (χ1n) is 7.96. The van der Waals surface area contributed by atoms with Crippen LogP contribution in [0.4, 0.5) is 11.5 Å². The van der Waals surface area contributed by atoms with Gasteiger partial charge in [0.1, 0.15) is 5.75 Å². The van der Waals surface area contributed by atoms with E-state index in [1.807, 2.05) is 48.5 Å². The fraction of sp³-hybridized carbons (Fsp3) is 0.0500. The third kappa shape index (κ3) is 2.62. The molecular weight excluding hydrogens is 326 g/mol. The lowest BCUT2D eigenvalue weighted by molar-refractivity contribution is 0.415. The maximum Gasteiger partial charge on any atom is 0.187 e. The van der Waals surface area contributed by atoms with E-state index in [0.717, 1.165) is 39.2 Å². The Balaban J connectivity index is 1.95. The predicted molar refractivity (Wildman–Crippen MR) is 102 cm³/mol. The molecule has 0 aliphatic heterocycles. The molecule has 26 heavy (non-hydrogen) atoms. The second kappa shape index (κ2) is 6.22. The Morgan fingerprint density at radius 3 is 2.62 bits per heavy atom. The highest BCUT2D eigenvalue weighted by atomic mass is 16.5. The molecule has 0 aliphatic rings. The SMILES string of the molecule is [C-]#[N+]c1cccc(-c2cc3[nH]nc(N)c3c(-c3ccc(OC)cc3)n2)c1. The van der Waals surface area contributed by atoms with Crippen LogP contribution in [-0.4, -0.2) is 22.3 Å². The number of aromatic nitrogens is 3. The minimum Gasteiger partial charge on any atom is -0.497 e. The molecule has 2 aromatic heterocycles. The third-order valence-electron chi connectivity index (χ3n) is 4.21. The van der Waals surface area contributed by atoms with Gasteiger partial charge in [0.25, 0.3) is 0 Å². The van der Waals surface area contributed by atoms with Crippen LogP contribution in [0.5, 0.6) is 5.75 Å². The topological polar surface area (TPSA) is 81.2 Å². The van der Waals surface area contributed by atoms with Crippen LogP contribution in [0, 0.1) is 6.57 Å². The van der Waals surface area contributed by atoms with Gasteiger partial charge < -0.3 is 10.5 Å². The Morgan fingerprint density at radius 2 is 1.88 bits per heavy atom. The number of anilines is 1. The molecule has 6 heteroatoms. The molecular formula is C20H15N5O. The summed E-state index contributed by atoms with van der Waals surface area (Å²) < 4.78 is 5.23. The van der Waals surface area contributed by atoms with Crippen molar-refractivity contribution in [2.24, 2.45) is 0 Å². The van der Waals surface area contributed by atoms with Crippen LogP contribution in [-0.2, 0) is 0 Å². The van der Waals surface area contributed by atoms with Crippen LogP contribution in [0.1, 0.15) is 0 Å². The van der Waals surface area contributed by atoms with Crippen molar-refractivity contribution in [1.82, 2.24) is 15.2 Å². The fourth-order valence-corrected chi connectivity index (χ4v) is 2.91. The lowest BCUT2D eigenvalue weighted by Gasteiger charge is -2.09. The van der Waals surface area contributed by atoms with Gasteiger partial charge >= 0.3 is 0 Å². The summed E-state index contributed by atoms with van der Waals surface area (Å²) in [4.78, 5) is 8.31. The van der Waals surface area contributed by atoms with E-state index in [1.165, 1.54) is 0 Å². The predicted octanol–water partition coefficient (Wildman–Crippen LogP) is 4.43. The van der Waals surface area contributed by atoms with Crippen LogP contribution in [0.25, 0.3) is 38.3 Å². The van der Waals surface area contributed by atoms with Gasteiger partial charge in [-0.05, 0) is 42.0 Å². The van der Waals surface area contributed by atoms with Crippen molar-refractivity contribution in [3.05, 3.63) is 66.0 Å². The summed E-state index contributed by atoms with van der Waals surface area (Å²) in [5.41, 5.74) is 10.7. The summed E-state index contributed by atoms with van der Waals surface area (Å²) in [5, 5.41) is 7.86. The minimum absolute atomic E-state index is 0.403. The number of hydrogen-bond acceptors (Lipinski definition) is 4. The lowest BCUT2D eigenvalue weighted by atomic mass is 10.0. The summed E-state index contributed by atoms with van der Waals surface area (Å²) in [6, 6.07) is 16.9. The second-order valence-corrected chi connectivity index (χ2v) is 5.78. The Bertz CT molecular complexity index is 1140. The largest absolute Gasteiger partial charge is 0.497 e. The van der Waals surface area contributed by atoms with Gasteiger partial charge in [0.15, 0.2) is 11.5 Å². The minimum atomic E-state index is 0.403. The molecule has 0 radical (unpaired) electrons. The molecule has 0 atom stereocenters. The Morgan fingerprint density at radius 1 is 1.08 bits per heavy atom. The number of rotatable bonds is 3. The van der Waals surface area contributed by atoms with Gasteiger partial charge in [-0.15, -0.1) is 0 Å². The molecule has 0 bridgehead atoms. The standard InChI is InChI=1S/C20H15N5O/c1-22-14-5-3-4-13(10-14)16-11-17-18(20(21)25-24-17)19(23-16)12-6-8-15(26-2)9-7-12/h3-11H,2H3,(H3,21,24,25). The summed E-state index contributed by atoms with van der Waals surface area (Å²) in [5.74, 6) is 1.17. The van der Waals surface area contributed by atoms with Gasteiger partial charge in [0.05, 0.1) is 36.0 Å². The smallest absolute Gasteiger partial charge is 0.187 e. The number of nitrogens with zero attached hydrogens (tertiary/aromatic N) is 3. The van der Waals surface area contributed by atoms with Crippen molar-refractivity contribution in [2.45, 2.75) is 0 Å². The summed E-state index contributed by atoms with van der Waals surface area (Å²) in [6.07, 6.45) is 0. The van der Waals surface area contributed by atoms with E-state index in [-0.39, 0.29) is 0 Å². The first-order valence-corrected chi connectivity index (χ1v) is 7.96. The maximum absolute atomic E-state index is 7.21. The van der Waals surface area contributed by atoms with Crippen molar-refractivity contribution >= 4 is 22.4 Å². The zero-order valence-electron chi connectivity index (χ0n) is 14.0. The average molecular weight is 341 g/mol. The molecule has 0 spiro atoms.